The molecule has 13 heteroatoms. The Morgan fingerprint density at radius 2 is 1.97 bits per heavy atom. The van der Waals surface area contributed by atoms with Crippen LogP contribution in [0.4, 0.5) is 23.2 Å². The number of rotatable bonds is 10. The highest BCUT2D eigenvalue weighted by Gasteiger charge is 2.33. The van der Waals surface area contributed by atoms with Crippen LogP contribution in [0.1, 0.15) is 18.4 Å². The van der Waals surface area contributed by atoms with E-state index in [1.54, 1.807) is 24.5 Å². The van der Waals surface area contributed by atoms with Gasteiger partial charge in [0, 0.05) is 48.9 Å². The topological polar surface area (TPSA) is 89.5 Å². The highest BCUT2D eigenvalue weighted by atomic mass is 32.2. The van der Waals surface area contributed by atoms with Crippen molar-refractivity contribution in [3.63, 3.8) is 0 Å². The Bertz CT molecular complexity index is 1250. The first-order chi connectivity index (χ1) is 18.2. The summed E-state index contributed by atoms with van der Waals surface area (Å²) >= 11 is 0. The Balaban J connectivity index is 1.47. The van der Waals surface area contributed by atoms with E-state index in [1.165, 1.54) is 35.6 Å². The maximum absolute atomic E-state index is 14.7. The van der Waals surface area contributed by atoms with E-state index in [9.17, 15) is 21.8 Å². The molecule has 0 saturated carbocycles. The van der Waals surface area contributed by atoms with Gasteiger partial charge < -0.3 is 14.2 Å². The average molecular weight is 554 g/mol. The zero-order valence-corrected chi connectivity index (χ0v) is 21.4. The molecule has 0 bridgehead atoms. The van der Waals surface area contributed by atoms with Gasteiger partial charge in [0.25, 0.3) is 0 Å². The van der Waals surface area contributed by atoms with E-state index in [0.717, 1.165) is 12.0 Å². The van der Waals surface area contributed by atoms with Crippen LogP contribution in [0.15, 0.2) is 48.9 Å². The smallest absolute Gasteiger partial charge is 0.401 e. The van der Waals surface area contributed by atoms with Crippen molar-refractivity contribution in [2.45, 2.75) is 25.6 Å². The molecule has 0 radical (unpaired) electrons. The second kappa shape index (κ2) is 12.5. The third kappa shape index (κ3) is 8.09. The second-order valence-corrected chi connectivity index (χ2v) is 10.0. The van der Waals surface area contributed by atoms with Crippen molar-refractivity contribution in [2.24, 2.45) is 5.92 Å². The molecule has 204 valence electrons. The minimum atomic E-state index is -4.25. The summed E-state index contributed by atoms with van der Waals surface area (Å²) in [5.41, 5.74) is 1.40. The Morgan fingerprint density at radius 1 is 1.18 bits per heavy atom. The van der Waals surface area contributed by atoms with Crippen LogP contribution in [0.5, 0.6) is 11.8 Å². The Morgan fingerprint density at radius 3 is 2.71 bits per heavy atom. The summed E-state index contributed by atoms with van der Waals surface area (Å²) in [4.78, 5) is 13.9. The van der Waals surface area contributed by atoms with Crippen LogP contribution in [-0.2, 0) is 17.6 Å². The predicted molar refractivity (Wildman–Crippen MR) is 134 cm³/mol. The molecule has 2 atom stereocenters. The number of likely N-dealkylation sites (tertiary alicyclic amines) is 1. The number of hydrogen-bond acceptors (Lipinski definition) is 7. The molecule has 4 heterocycles. The first kappa shape index (κ1) is 27.7. The zero-order chi connectivity index (χ0) is 27.1. The van der Waals surface area contributed by atoms with Gasteiger partial charge in [0.05, 0.1) is 13.2 Å². The summed E-state index contributed by atoms with van der Waals surface area (Å²) in [7, 11) is -1.46. The Hall–Kier alpha value is -3.32. The van der Waals surface area contributed by atoms with Crippen molar-refractivity contribution in [1.29, 1.82) is 0 Å². The molecular weight excluding hydrogens is 526 g/mol. The maximum atomic E-state index is 14.7. The maximum Gasteiger partial charge on any atom is 0.401 e. The van der Waals surface area contributed by atoms with Crippen molar-refractivity contribution >= 4 is 16.7 Å². The molecular formula is C25H27F4N5O3S. The molecule has 3 aromatic heterocycles. The number of hydrogen-bond donors (Lipinski definition) is 1. The van der Waals surface area contributed by atoms with Gasteiger partial charge in [-0.25, -0.2) is 18.6 Å². The number of nitrogens with zero attached hydrogens (tertiary/aromatic N) is 4. The average Bonchev–Trinajstić information content (AvgIpc) is 2.87. The van der Waals surface area contributed by atoms with Gasteiger partial charge in [0.1, 0.15) is 34.8 Å². The van der Waals surface area contributed by atoms with Crippen LogP contribution in [0, 0.1) is 11.7 Å². The lowest BCUT2D eigenvalue weighted by atomic mass is 9.99. The van der Waals surface area contributed by atoms with E-state index in [4.69, 9.17) is 9.47 Å². The van der Waals surface area contributed by atoms with Gasteiger partial charge in [0.15, 0.2) is 0 Å². The number of ether oxygens (including phenoxy) is 2. The van der Waals surface area contributed by atoms with Gasteiger partial charge in [0.2, 0.25) is 11.8 Å². The number of nitrogens with one attached hydrogen (secondary N) is 1. The molecule has 0 spiro atoms. The molecule has 1 N–H and O–H groups in total. The summed E-state index contributed by atoms with van der Waals surface area (Å²) < 4.78 is 79.1. The fraction of sp³-hybridized carbons (Fsp3) is 0.400. The van der Waals surface area contributed by atoms with Crippen molar-refractivity contribution in [3.05, 3.63) is 60.3 Å². The van der Waals surface area contributed by atoms with Crippen molar-refractivity contribution in [2.75, 3.05) is 37.2 Å². The summed E-state index contributed by atoms with van der Waals surface area (Å²) in [6.45, 7) is 0.0624. The summed E-state index contributed by atoms with van der Waals surface area (Å²) in [5.74, 6) is -0.410. The SMILES string of the molecule is CS(=O)Nc1cc(-c2nc(OCC3CCCN(CC(F)(F)F)C3)ccc2F)cnc1OCc1ccncc1. The Kier molecular flexibility index (Phi) is 9.10. The lowest BCUT2D eigenvalue weighted by Crippen LogP contribution is -2.42. The van der Waals surface area contributed by atoms with E-state index in [1.807, 2.05) is 0 Å². The van der Waals surface area contributed by atoms with Crippen molar-refractivity contribution in [3.8, 4) is 23.0 Å². The molecule has 4 rings (SSSR count). The number of pyridine rings is 3. The van der Waals surface area contributed by atoms with Crippen LogP contribution < -0.4 is 14.2 Å². The third-order valence-corrected chi connectivity index (χ3v) is 6.30. The fourth-order valence-electron chi connectivity index (χ4n) is 4.15. The third-order valence-electron chi connectivity index (χ3n) is 5.80. The first-order valence-electron chi connectivity index (χ1n) is 11.9. The number of alkyl halides is 3. The largest absolute Gasteiger partial charge is 0.477 e. The number of piperidine rings is 1. The van der Waals surface area contributed by atoms with Gasteiger partial charge in [-0.15, -0.1) is 0 Å². The van der Waals surface area contributed by atoms with Gasteiger partial charge >= 0.3 is 6.18 Å². The fourth-order valence-corrected chi connectivity index (χ4v) is 4.61. The molecule has 0 aliphatic carbocycles. The number of halogens is 4. The number of aromatic nitrogens is 3. The summed E-state index contributed by atoms with van der Waals surface area (Å²) in [6.07, 6.45) is 3.21. The van der Waals surface area contributed by atoms with E-state index >= 15 is 0 Å². The predicted octanol–water partition coefficient (Wildman–Crippen LogP) is 4.62. The highest BCUT2D eigenvalue weighted by molar-refractivity contribution is 7.85. The van der Waals surface area contributed by atoms with Crippen molar-refractivity contribution in [1.82, 2.24) is 19.9 Å². The monoisotopic (exact) mass is 553 g/mol. The lowest BCUT2D eigenvalue weighted by molar-refractivity contribution is -0.149. The van der Waals surface area contributed by atoms with Gasteiger partial charge in [-0.05, 0) is 49.2 Å². The number of anilines is 1. The van der Waals surface area contributed by atoms with E-state index in [2.05, 4.69) is 19.7 Å². The van der Waals surface area contributed by atoms with Crippen LogP contribution in [0.2, 0.25) is 0 Å². The standard InChI is InChI=1S/C25H27F4N5O3S/c1-38(35)33-21-11-19(12-31-24(21)37-14-17-6-8-30-9-7-17)23-20(26)4-5-22(32-23)36-15-18-3-2-10-34(13-18)16-25(27,28)29/h4-9,11-12,18,33H,2-3,10,13-16H2,1H3. The molecule has 1 saturated heterocycles. The highest BCUT2D eigenvalue weighted by Crippen LogP contribution is 2.31. The molecule has 0 aromatic carbocycles. The molecule has 2 unspecified atom stereocenters. The summed E-state index contributed by atoms with van der Waals surface area (Å²) in [6, 6.07) is 7.67. The van der Waals surface area contributed by atoms with Crippen molar-refractivity contribution < 1.29 is 31.2 Å². The first-order valence-corrected chi connectivity index (χ1v) is 13.4. The van der Waals surface area contributed by atoms with Gasteiger partial charge in [-0.3, -0.25) is 9.88 Å². The minimum absolute atomic E-state index is 0.0389. The molecule has 1 fully saturated rings. The van der Waals surface area contributed by atoms with Gasteiger partial charge in [-0.1, -0.05) is 0 Å². The molecule has 1 aliphatic heterocycles. The zero-order valence-electron chi connectivity index (χ0n) is 20.6. The lowest BCUT2D eigenvalue weighted by Gasteiger charge is -2.32. The summed E-state index contributed by atoms with van der Waals surface area (Å²) in [5, 5.41) is 0. The molecule has 38 heavy (non-hydrogen) atoms. The quantitative estimate of drug-likeness (QED) is 0.367. The van der Waals surface area contributed by atoms with Crippen LogP contribution in [0.3, 0.4) is 0 Å². The van der Waals surface area contributed by atoms with E-state index in [-0.39, 0.29) is 48.8 Å². The van der Waals surface area contributed by atoms with Crippen LogP contribution in [0.25, 0.3) is 11.3 Å². The molecule has 8 nitrogen and oxygen atoms in total. The second-order valence-electron chi connectivity index (χ2n) is 8.93. The van der Waals surface area contributed by atoms with E-state index in [0.29, 0.717) is 18.5 Å². The van der Waals surface area contributed by atoms with E-state index < -0.39 is 29.5 Å². The van der Waals surface area contributed by atoms with Gasteiger partial charge in [-0.2, -0.15) is 13.2 Å². The minimum Gasteiger partial charge on any atom is -0.477 e. The molecule has 1 aliphatic rings. The molecule has 3 aromatic rings. The molecule has 0 amide bonds. The normalized spacial score (nSPS) is 17.1. The van der Waals surface area contributed by atoms with Crippen LogP contribution >= 0.6 is 0 Å². The van der Waals surface area contributed by atoms with Crippen LogP contribution in [-0.4, -0.2) is 62.7 Å². The Labute approximate surface area is 220 Å².